The molecule has 1 aromatic carbocycles. The summed E-state index contributed by atoms with van der Waals surface area (Å²) in [7, 11) is 0. The number of hydrogen-bond donors (Lipinski definition) is 1. The van der Waals surface area contributed by atoms with E-state index < -0.39 is 0 Å². The maximum absolute atomic E-state index is 11.9. The van der Waals surface area contributed by atoms with E-state index in [0.717, 1.165) is 17.7 Å². The second kappa shape index (κ2) is 4.26. The van der Waals surface area contributed by atoms with Crippen molar-refractivity contribution in [3.05, 3.63) is 29.3 Å². The lowest BCUT2D eigenvalue weighted by atomic mass is 9.97. The van der Waals surface area contributed by atoms with Gasteiger partial charge in [-0.2, -0.15) is 0 Å². The third-order valence-electron chi connectivity index (χ3n) is 3.03. The number of fused-ring (bicyclic) bond motifs is 1. The van der Waals surface area contributed by atoms with E-state index in [1.165, 1.54) is 5.56 Å². The van der Waals surface area contributed by atoms with Crippen LogP contribution in [0.4, 0.5) is 5.69 Å². The Morgan fingerprint density at radius 3 is 2.75 bits per heavy atom. The first-order valence-electron chi connectivity index (χ1n) is 5.77. The molecular formula is C13H18N2O. The maximum atomic E-state index is 11.9. The van der Waals surface area contributed by atoms with Crippen LogP contribution in [-0.2, 0) is 17.8 Å². The molecule has 1 aromatic rings. The maximum Gasteiger partial charge on any atom is 0.227 e. The van der Waals surface area contributed by atoms with Gasteiger partial charge in [-0.05, 0) is 37.5 Å². The zero-order valence-electron chi connectivity index (χ0n) is 9.86. The summed E-state index contributed by atoms with van der Waals surface area (Å²) in [5.74, 6) is 0.225. The second-order valence-electron chi connectivity index (χ2n) is 4.52. The van der Waals surface area contributed by atoms with Crippen molar-refractivity contribution in [2.45, 2.75) is 39.3 Å². The van der Waals surface area contributed by atoms with E-state index in [1.54, 1.807) is 0 Å². The van der Waals surface area contributed by atoms with Crippen LogP contribution in [0.2, 0.25) is 0 Å². The summed E-state index contributed by atoms with van der Waals surface area (Å²) in [4.78, 5) is 13.7. The Bertz CT molecular complexity index is 412. The van der Waals surface area contributed by atoms with Crippen LogP contribution in [0.5, 0.6) is 0 Å². The van der Waals surface area contributed by atoms with Crippen LogP contribution in [0.15, 0.2) is 18.2 Å². The topological polar surface area (TPSA) is 46.3 Å². The Morgan fingerprint density at radius 1 is 1.38 bits per heavy atom. The third kappa shape index (κ3) is 1.83. The summed E-state index contributed by atoms with van der Waals surface area (Å²) in [5.41, 5.74) is 9.07. The molecule has 86 valence electrons. The number of benzene rings is 1. The molecule has 0 atom stereocenters. The minimum absolute atomic E-state index is 0.218. The van der Waals surface area contributed by atoms with Crippen molar-refractivity contribution in [3.8, 4) is 0 Å². The van der Waals surface area contributed by atoms with Crippen LogP contribution in [0.3, 0.4) is 0 Å². The summed E-state index contributed by atoms with van der Waals surface area (Å²) in [5, 5.41) is 0. The van der Waals surface area contributed by atoms with Gasteiger partial charge in [0.1, 0.15) is 0 Å². The molecule has 0 aliphatic carbocycles. The fraction of sp³-hybridized carbons (Fsp3) is 0.462. The molecule has 0 unspecified atom stereocenters. The largest absolute Gasteiger partial charge is 0.326 e. The zero-order valence-corrected chi connectivity index (χ0v) is 9.86. The van der Waals surface area contributed by atoms with Crippen LogP contribution >= 0.6 is 0 Å². The van der Waals surface area contributed by atoms with Crippen molar-refractivity contribution >= 4 is 11.6 Å². The van der Waals surface area contributed by atoms with Gasteiger partial charge in [0.2, 0.25) is 5.91 Å². The predicted molar refractivity (Wildman–Crippen MR) is 65.3 cm³/mol. The number of carbonyl (C=O) groups excluding carboxylic acids is 1. The fourth-order valence-electron chi connectivity index (χ4n) is 2.26. The van der Waals surface area contributed by atoms with Gasteiger partial charge >= 0.3 is 0 Å². The molecule has 0 saturated heterocycles. The Kier molecular flexibility index (Phi) is 2.97. The molecule has 3 heteroatoms. The van der Waals surface area contributed by atoms with Gasteiger partial charge in [-0.1, -0.05) is 12.1 Å². The highest BCUT2D eigenvalue weighted by Gasteiger charge is 2.25. The molecule has 0 spiro atoms. The lowest BCUT2D eigenvalue weighted by Gasteiger charge is -2.33. The number of nitrogens with zero attached hydrogens (tertiary/aromatic N) is 1. The van der Waals surface area contributed by atoms with Crippen molar-refractivity contribution < 1.29 is 4.79 Å². The van der Waals surface area contributed by atoms with Gasteiger partial charge in [0.15, 0.2) is 0 Å². The van der Waals surface area contributed by atoms with Crippen molar-refractivity contribution in [2.75, 3.05) is 4.90 Å². The molecule has 1 heterocycles. The first kappa shape index (κ1) is 11.1. The summed E-state index contributed by atoms with van der Waals surface area (Å²) in [6.45, 7) is 4.65. The molecule has 16 heavy (non-hydrogen) atoms. The van der Waals surface area contributed by atoms with Crippen LogP contribution in [0.1, 0.15) is 31.4 Å². The minimum Gasteiger partial charge on any atom is -0.326 e. The van der Waals surface area contributed by atoms with Crippen LogP contribution in [0, 0.1) is 0 Å². The summed E-state index contributed by atoms with van der Waals surface area (Å²) in [6, 6.07) is 6.37. The van der Waals surface area contributed by atoms with Gasteiger partial charge in [0.25, 0.3) is 0 Å². The fourth-order valence-corrected chi connectivity index (χ4v) is 2.26. The molecule has 1 amide bonds. The number of aryl methyl sites for hydroxylation is 1. The number of amides is 1. The predicted octanol–water partition coefficient (Wildman–Crippen LogP) is 1.83. The number of anilines is 1. The van der Waals surface area contributed by atoms with Gasteiger partial charge in [0, 0.05) is 24.7 Å². The Balaban J connectivity index is 2.44. The van der Waals surface area contributed by atoms with Gasteiger partial charge < -0.3 is 10.6 Å². The van der Waals surface area contributed by atoms with Crippen LogP contribution in [-0.4, -0.2) is 11.9 Å². The first-order chi connectivity index (χ1) is 7.63. The summed E-state index contributed by atoms with van der Waals surface area (Å²) < 4.78 is 0. The van der Waals surface area contributed by atoms with Crippen LogP contribution < -0.4 is 10.6 Å². The standard InChI is InChI=1S/C13H18N2O/c1-9(2)15-12-5-3-10(8-14)7-11(12)4-6-13(15)16/h3,5,7,9H,4,6,8,14H2,1-2H3. The normalized spacial score (nSPS) is 15.5. The average molecular weight is 218 g/mol. The molecule has 0 saturated carbocycles. The van der Waals surface area contributed by atoms with Crippen molar-refractivity contribution in [1.82, 2.24) is 0 Å². The highest BCUT2D eigenvalue weighted by Crippen LogP contribution is 2.30. The molecule has 2 rings (SSSR count). The van der Waals surface area contributed by atoms with E-state index in [0.29, 0.717) is 13.0 Å². The molecule has 3 nitrogen and oxygen atoms in total. The molecule has 2 N–H and O–H groups in total. The molecule has 0 radical (unpaired) electrons. The highest BCUT2D eigenvalue weighted by molar-refractivity contribution is 5.96. The van der Waals surface area contributed by atoms with Crippen LogP contribution in [0.25, 0.3) is 0 Å². The van der Waals surface area contributed by atoms with Crippen molar-refractivity contribution in [2.24, 2.45) is 5.73 Å². The molecule has 0 fully saturated rings. The highest BCUT2D eigenvalue weighted by atomic mass is 16.2. The zero-order chi connectivity index (χ0) is 11.7. The molecule has 1 aliphatic heterocycles. The number of nitrogens with two attached hydrogens (primary N) is 1. The third-order valence-corrected chi connectivity index (χ3v) is 3.03. The number of rotatable bonds is 2. The Hall–Kier alpha value is -1.35. The number of carbonyl (C=O) groups is 1. The lowest BCUT2D eigenvalue weighted by Crippen LogP contribution is -2.40. The van der Waals surface area contributed by atoms with E-state index in [2.05, 4.69) is 6.07 Å². The summed E-state index contributed by atoms with van der Waals surface area (Å²) >= 11 is 0. The van der Waals surface area contributed by atoms with E-state index in [9.17, 15) is 4.79 Å². The second-order valence-corrected chi connectivity index (χ2v) is 4.52. The molecule has 1 aliphatic rings. The monoisotopic (exact) mass is 218 g/mol. The first-order valence-corrected chi connectivity index (χ1v) is 5.77. The van der Waals surface area contributed by atoms with E-state index in [-0.39, 0.29) is 11.9 Å². The quantitative estimate of drug-likeness (QED) is 0.823. The molecule has 0 bridgehead atoms. The summed E-state index contributed by atoms with van der Waals surface area (Å²) in [6.07, 6.45) is 1.45. The van der Waals surface area contributed by atoms with Gasteiger partial charge in [-0.15, -0.1) is 0 Å². The molecule has 0 aromatic heterocycles. The lowest BCUT2D eigenvalue weighted by molar-refractivity contribution is -0.119. The van der Waals surface area contributed by atoms with Crippen molar-refractivity contribution in [3.63, 3.8) is 0 Å². The van der Waals surface area contributed by atoms with E-state index >= 15 is 0 Å². The van der Waals surface area contributed by atoms with Gasteiger partial charge in [-0.25, -0.2) is 0 Å². The Morgan fingerprint density at radius 2 is 2.12 bits per heavy atom. The van der Waals surface area contributed by atoms with Gasteiger partial charge in [-0.3, -0.25) is 4.79 Å². The number of hydrogen-bond acceptors (Lipinski definition) is 2. The Labute approximate surface area is 96.2 Å². The molecular weight excluding hydrogens is 200 g/mol. The van der Waals surface area contributed by atoms with E-state index in [4.69, 9.17) is 5.73 Å². The minimum atomic E-state index is 0.218. The average Bonchev–Trinajstić information content (AvgIpc) is 2.27. The SMILES string of the molecule is CC(C)N1C(=O)CCc2cc(CN)ccc21. The van der Waals surface area contributed by atoms with Gasteiger partial charge in [0.05, 0.1) is 0 Å². The van der Waals surface area contributed by atoms with E-state index in [1.807, 2.05) is 30.9 Å². The smallest absolute Gasteiger partial charge is 0.227 e. The van der Waals surface area contributed by atoms with Crippen molar-refractivity contribution in [1.29, 1.82) is 0 Å².